The van der Waals surface area contributed by atoms with Crippen LogP contribution in [0.5, 0.6) is 0 Å². The summed E-state index contributed by atoms with van der Waals surface area (Å²) in [6.45, 7) is 0. The zero-order chi connectivity index (χ0) is 18.4. The first kappa shape index (κ1) is 18.2. The lowest BCUT2D eigenvalue weighted by Gasteiger charge is -2.11. The third-order valence-electron chi connectivity index (χ3n) is 3.43. The van der Waals surface area contributed by atoms with E-state index >= 15 is 0 Å². The lowest BCUT2D eigenvalue weighted by molar-refractivity contribution is -0.133. The molecule has 3 aromatic carbocycles. The summed E-state index contributed by atoms with van der Waals surface area (Å²) < 4.78 is 0.709. The molecule has 130 valence electrons. The molecule has 0 aliphatic carbocycles. The van der Waals surface area contributed by atoms with Crippen LogP contribution in [0.4, 0.5) is 11.4 Å². The number of rotatable bonds is 4. The Morgan fingerprint density at radius 2 is 1.23 bits per heavy atom. The fourth-order valence-electron chi connectivity index (χ4n) is 2.20. The van der Waals surface area contributed by atoms with Crippen molar-refractivity contribution in [3.63, 3.8) is 0 Å². The van der Waals surface area contributed by atoms with Crippen LogP contribution in [0.2, 0.25) is 0 Å². The maximum absolute atomic E-state index is 12.3. The molecule has 3 rings (SSSR count). The summed E-state index contributed by atoms with van der Waals surface area (Å²) >= 11 is 4.86. The van der Waals surface area contributed by atoms with Gasteiger partial charge in [-0.15, -0.1) is 0 Å². The van der Waals surface area contributed by atoms with Crippen molar-refractivity contribution in [1.29, 1.82) is 0 Å². The predicted molar refractivity (Wildman–Crippen MR) is 108 cm³/mol. The van der Waals surface area contributed by atoms with Gasteiger partial charge in [0.05, 0.1) is 11.4 Å². The first-order valence-corrected chi connectivity index (χ1v) is 9.43. The molecule has 6 heteroatoms. The number of para-hydroxylation sites is 2. The SMILES string of the molecule is O=C(Nc1ccccc1Br)C(=O)Nc1ccccc1Sc1ccccc1. The number of carbonyl (C=O) groups is 2. The number of nitrogens with one attached hydrogen (secondary N) is 2. The molecular formula is C20H15BrN2O2S. The van der Waals surface area contributed by atoms with E-state index in [-0.39, 0.29) is 0 Å². The van der Waals surface area contributed by atoms with Gasteiger partial charge in [0, 0.05) is 14.3 Å². The van der Waals surface area contributed by atoms with Gasteiger partial charge in [-0.05, 0) is 52.3 Å². The van der Waals surface area contributed by atoms with Crippen LogP contribution in [-0.4, -0.2) is 11.8 Å². The molecule has 4 nitrogen and oxygen atoms in total. The van der Waals surface area contributed by atoms with Crippen LogP contribution >= 0.6 is 27.7 Å². The Morgan fingerprint density at radius 1 is 0.692 bits per heavy atom. The highest BCUT2D eigenvalue weighted by atomic mass is 79.9. The lowest BCUT2D eigenvalue weighted by Crippen LogP contribution is -2.29. The van der Waals surface area contributed by atoms with Crippen LogP contribution in [0.15, 0.2) is 93.1 Å². The van der Waals surface area contributed by atoms with Gasteiger partial charge in [-0.3, -0.25) is 9.59 Å². The topological polar surface area (TPSA) is 58.2 Å². The van der Waals surface area contributed by atoms with Gasteiger partial charge in [-0.1, -0.05) is 54.2 Å². The van der Waals surface area contributed by atoms with Crippen molar-refractivity contribution < 1.29 is 9.59 Å². The smallest absolute Gasteiger partial charge is 0.314 e. The maximum atomic E-state index is 12.3. The van der Waals surface area contributed by atoms with Crippen LogP contribution in [0.1, 0.15) is 0 Å². The summed E-state index contributed by atoms with van der Waals surface area (Å²) in [7, 11) is 0. The molecule has 0 saturated heterocycles. The van der Waals surface area contributed by atoms with Gasteiger partial charge in [0.2, 0.25) is 0 Å². The van der Waals surface area contributed by atoms with E-state index in [1.165, 1.54) is 11.8 Å². The Balaban J connectivity index is 1.71. The summed E-state index contributed by atoms with van der Waals surface area (Å²) in [6, 6.07) is 24.3. The molecule has 0 aliphatic rings. The minimum Gasteiger partial charge on any atom is -0.317 e. The number of carbonyl (C=O) groups excluding carboxylic acids is 2. The standard InChI is InChI=1S/C20H15BrN2O2S/c21-15-10-4-5-11-16(15)22-19(24)20(25)23-17-12-6-7-13-18(17)26-14-8-2-1-3-9-14/h1-13H,(H,22,24)(H,23,25). The Labute approximate surface area is 164 Å². The van der Waals surface area contributed by atoms with Crippen molar-refractivity contribution in [2.24, 2.45) is 0 Å². The van der Waals surface area contributed by atoms with Crippen molar-refractivity contribution in [1.82, 2.24) is 0 Å². The molecule has 0 unspecified atom stereocenters. The van der Waals surface area contributed by atoms with Crippen molar-refractivity contribution >= 4 is 50.9 Å². The van der Waals surface area contributed by atoms with E-state index < -0.39 is 11.8 Å². The van der Waals surface area contributed by atoms with Crippen molar-refractivity contribution in [3.8, 4) is 0 Å². The molecule has 0 aliphatic heterocycles. The number of hydrogen-bond donors (Lipinski definition) is 2. The van der Waals surface area contributed by atoms with Crippen LogP contribution in [-0.2, 0) is 9.59 Å². The number of benzene rings is 3. The van der Waals surface area contributed by atoms with Gasteiger partial charge >= 0.3 is 11.8 Å². The molecular weight excluding hydrogens is 412 g/mol. The largest absolute Gasteiger partial charge is 0.317 e. The molecule has 3 aromatic rings. The normalized spacial score (nSPS) is 10.2. The molecule has 2 N–H and O–H groups in total. The highest BCUT2D eigenvalue weighted by Crippen LogP contribution is 2.33. The average molecular weight is 427 g/mol. The molecule has 0 radical (unpaired) electrons. The second-order valence-corrected chi connectivity index (χ2v) is 7.27. The monoisotopic (exact) mass is 426 g/mol. The van der Waals surface area contributed by atoms with Gasteiger partial charge in [0.25, 0.3) is 0 Å². The van der Waals surface area contributed by atoms with Gasteiger partial charge in [0.1, 0.15) is 0 Å². The molecule has 26 heavy (non-hydrogen) atoms. The van der Waals surface area contributed by atoms with E-state index in [1.54, 1.807) is 24.3 Å². The Hall–Kier alpha value is -2.57. The zero-order valence-corrected chi connectivity index (χ0v) is 16.0. The number of halogens is 1. The highest BCUT2D eigenvalue weighted by Gasteiger charge is 2.16. The fraction of sp³-hybridized carbons (Fsp3) is 0. The van der Waals surface area contributed by atoms with Crippen LogP contribution < -0.4 is 10.6 Å². The van der Waals surface area contributed by atoms with E-state index in [4.69, 9.17) is 0 Å². The van der Waals surface area contributed by atoms with Gasteiger partial charge in [-0.2, -0.15) is 0 Å². The van der Waals surface area contributed by atoms with Gasteiger partial charge in [0.15, 0.2) is 0 Å². The minimum absolute atomic E-state index is 0.541. The minimum atomic E-state index is -0.726. The third kappa shape index (κ3) is 4.74. The first-order chi connectivity index (χ1) is 12.6. The Kier molecular flexibility index (Phi) is 6.09. The molecule has 2 amide bonds. The fourth-order valence-corrected chi connectivity index (χ4v) is 3.50. The van der Waals surface area contributed by atoms with Crippen LogP contribution in [0.25, 0.3) is 0 Å². The van der Waals surface area contributed by atoms with Gasteiger partial charge < -0.3 is 10.6 Å². The summed E-state index contributed by atoms with van der Waals surface area (Å²) in [4.78, 5) is 26.4. The summed E-state index contributed by atoms with van der Waals surface area (Å²) in [5.74, 6) is -1.45. The summed E-state index contributed by atoms with van der Waals surface area (Å²) in [5, 5.41) is 5.28. The number of anilines is 2. The Bertz CT molecular complexity index is 932. The maximum Gasteiger partial charge on any atom is 0.314 e. The molecule has 0 bridgehead atoms. The van der Waals surface area contributed by atoms with Crippen LogP contribution in [0, 0.1) is 0 Å². The summed E-state index contributed by atoms with van der Waals surface area (Å²) in [5.41, 5.74) is 1.13. The average Bonchev–Trinajstić information content (AvgIpc) is 2.66. The highest BCUT2D eigenvalue weighted by molar-refractivity contribution is 9.10. The molecule has 0 saturated carbocycles. The van der Waals surface area contributed by atoms with Gasteiger partial charge in [-0.25, -0.2) is 0 Å². The molecule has 0 fully saturated rings. The van der Waals surface area contributed by atoms with E-state index in [1.807, 2.05) is 54.6 Å². The Morgan fingerprint density at radius 3 is 1.92 bits per heavy atom. The lowest BCUT2D eigenvalue weighted by atomic mass is 10.3. The van der Waals surface area contributed by atoms with E-state index in [9.17, 15) is 9.59 Å². The molecule has 0 atom stereocenters. The zero-order valence-electron chi connectivity index (χ0n) is 13.6. The van der Waals surface area contributed by atoms with E-state index in [0.717, 1.165) is 9.79 Å². The quantitative estimate of drug-likeness (QED) is 0.565. The number of hydrogen-bond acceptors (Lipinski definition) is 3. The number of amides is 2. The van der Waals surface area contributed by atoms with Crippen molar-refractivity contribution in [2.75, 3.05) is 10.6 Å². The third-order valence-corrected chi connectivity index (χ3v) is 5.21. The summed E-state index contributed by atoms with van der Waals surface area (Å²) in [6.07, 6.45) is 0. The van der Waals surface area contributed by atoms with Crippen molar-refractivity contribution in [2.45, 2.75) is 9.79 Å². The van der Waals surface area contributed by atoms with E-state index in [0.29, 0.717) is 15.8 Å². The molecule has 0 heterocycles. The molecule has 0 aromatic heterocycles. The molecule has 0 spiro atoms. The second-order valence-electron chi connectivity index (χ2n) is 5.30. The van der Waals surface area contributed by atoms with Crippen molar-refractivity contribution in [3.05, 3.63) is 83.3 Å². The van der Waals surface area contributed by atoms with Crippen LogP contribution in [0.3, 0.4) is 0 Å². The van der Waals surface area contributed by atoms with E-state index in [2.05, 4.69) is 26.6 Å². The first-order valence-electron chi connectivity index (χ1n) is 7.82. The predicted octanol–water partition coefficient (Wildman–Crippen LogP) is 5.18. The second kappa shape index (κ2) is 8.69.